The van der Waals surface area contributed by atoms with Crippen LogP contribution in [0.25, 0.3) is 0 Å². The van der Waals surface area contributed by atoms with Gasteiger partial charge in [0.1, 0.15) is 0 Å². The predicted octanol–water partition coefficient (Wildman–Crippen LogP) is 3.31. The number of hydrogen-bond acceptors (Lipinski definition) is 0. The maximum atomic E-state index is 3.67. The molecule has 0 saturated carbocycles. The number of unbranched alkanes of at least 4 members (excludes halogenated alkanes) is 2. The number of hydrogen-bond donors (Lipinski definition) is 0. The first-order valence-corrected chi connectivity index (χ1v) is 3.60. The average molecular weight is 124 g/mol. The van der Waals surface area contributed by atoms with Crippen LogP contribution in [0.5, 0.6) is 0 Å². The summed E-state index contributed by atoms with van der Waals surface area (Å²) in [4.78, 5) is 0. The lowest BCUT2D eigenvalue weighted by Gasteiger charge is -1.90. The highest BCUT2D eigenvalue weighted by atomic mass is 13.9. The molecule has 0 aromatic heterocycles. The molecule has 0 rings (SSSR count). The summed E-state index contributed by atoms with van der Waals surface area (Å²) >= 11 is 0. The lowest BCUT2D eigenvalue weighted by atomic mass is 10.2. The maximum Gasteiger partial charge on any atom is -0.0345 e. The highest BCUT2D eigenvalue weighted by Crippen LogP contribution is 2.00. The molecule has 0 aliphatic rings. The fourth-order valence-corrected chi connectivity index (χ4v) is 0.617. The Kier molecular flexibility index (Phi) is 5.29. The molecule has 52 valence electrons. The van der Waals surface area contributed by atoms with Gasteiger partial charge in [0.15, 0.2) is 0 Å². The van der Waals surface area contributed by atoms with Gasteiger partial charge in [-0.25, -0.2) is 0 Å². The predicted molar refractivity (Wildman–Crippen MR) is 43.5 cm³/mol. The number of allylic oxidation sites excluding steroid dienone is 3. The largest absolute Gasteiger partial charge is 0.0988 e. The number of rotatable bonds is 4. The molecule has 0 aliphatic heterocycles. The van der Waals surface area contributed by atoms with Gasteiger partial charge in [0, 0.05) is 0 Å². The first-order chi connectivity index (χ1) is 4.31. The van der Waals surface area contributed by atoms with Gasteiger partial charge < -0.3 is 0 Å². The topological polar surface area (TPSA) is 0 Å². The molecule has 0 N–H and O–H groups in total. The van der Waals surface area contributed by atoms with E-state index in [9.17, 15) is 0 Å². The fraction of sp³-hybridized carbons (Fsp3) is 0.556. The molecule has 0 aromatic carbocycles. The van der Waals surface area contributed by atoms with Crippen molar-refractivity contribution in [3.05, 3.63) is 24.3 Å². The van der Waals surface area contributed by atoms with E-state index in [2.05, 4.69) is 26.5 Å². The van der Waals surface area contributed by atoms with E-state index in [1.54, 1.807) is 0 Å². The Morgan fingerprint density at radius 3 is 2.67 bits per heavy atom. The second kappa shape index (κ2) is 5.61. The van der Waals surface area contributed by atoms with Gasteiger partial charge in [-0.15, -0.1) is 0 Å². The second-order valence-corrected chi connectivity index (χ2v) is 2.29. The van der Waals surface area contributed by atoms with E-state index in [1.807, 2.05) is 6.08 Å². The molecule has 0 atom stereocenters. The SMILES string of the molecule is C=C/C(C)=C\CCCC. The van der Waals surface area contributed by atoms with Gasteiger partial charge in [-0.2, -0.15) is 0 Å². The third-order valence-electron chi connectivity index (χ3n) is 1.35. The monoisotopic (exact) mass is 124 g/mol. The molecule has 0 fully saturated rings. The van der Waals surface area contributed by atoms with Crippen molar-refractivity contribution in [1.82, 2.24) is 0 Å². The molecule has 0 unspecified atom stereocenters. The summed E-state index contributed by atoms with van der Waals surface area (Å²) in [6, 6.07) is 0. The van der Waals surface area contributed by atoms with Crippen LogP contribution < -0.4 is 0 Å². The molecule has 0 heteroatoms. The summed E-state index contributed by atoms with van der Waals surface area (Å²) in [5.41, 5.74) is 1.29. The first kappa shape index (κ1) is 8.48. The Morgan fingerprint density at radius 1 is 1.56 bits per heavy atom. The highest BCUT2D eigenvalue weighted by molar-refractivity contribution is 5.12. The smallest absolute Gasteiger partial charge is 0.0345 e. The van der Waals surface area contributed by atoms with E-state index in [0.717, 1.165) is 0 Å². The summed E-state index contributed by atoms with van der Waals surface area (Å²) in [6.45, 7) is 7.96. The van der Waals surface area contributed by atoms with E-state index < -0.39 is 0 Å². The van der Waals surface area contributed by atoms with Crippen molar-refractivity contribution >= 4 is 0 Å². The maximum absolute atomic E-state index is 3.67. The first-order valence-electron chi connectivity index (χ1n) is 3.60. The van der Waals surface area contributed by atoms with Gasteiger partial charge in [-0.1, -0.05) is 44.1 Å². The lowest BCUT2D eigenvalue weighted by molar-refractivity contribution is 0.812. The van der Waals surface area contributed by atoms with Crippen molar-refractivity contribution in [3.63, 3.8) is 0 Å². The molecule has 0 aliphatic carbocycles. The van der Waals surface area contributed by atoms with Gasteiger partial charge >= 0.3 is 0 Å². The minimum atomic E-state index is 1.20. The van der Waals surface area contributed by atoms with E-state index >= 15 is 0 Å². The van der Waals surface area contributed by atoms with Crippen LogP contribution in [0.1, 0.15) is 33.1 Å². The molecular weight excluding hydrogens is 108 g/mol. The summed E-state index contributed by atoms with van der Waals surface area (Å²) in [7, 11) is 0. The molecule has 0 radical (unpaired) electrons. The van der Waals surface area contributed by atoms with Crippen molar-refractivity contribution in [1.29, 1.82) is 0 Å². The van der Waals surface area contributed by atoms with E-state index in [4.69, 9.17) is 0 Å². The standard InChI is InChI=1S/C9H16/c1-4-6-7-8-9(3)5-2/h5,8H,2,4,6-7H2,1,3H3/b9-8-. The zero-order chi connectivity index (χ0) is 7.11. The molecular formula is C9H16. The van der Waals surface area contributed by atoms with Crippen molar-refractivity contribution in [2.75, 3.05) is 0 Å². The summed E-state index contributed by atoms with van der Waals surface area (Å²) in [5.74, 6) is 0. The molecule has 0 spiro atoms. The van der Waals surface area contributed by atoms with Crippen LogP contribution in [-0.2, 0) is 0 Å². The van der Waals surface area contributed by atoms with Crippen LogP contribution in [0, 0.1) is 0 Å². The highest BCUT2D eigenvalue weighted by Gasteiger charge is 1.79. The average Bonchev–Trinajstić information content (AvgIpc) is 1.89. The van der Waals surface area contributed by atoms with Crippen LogP contribution in [0.15, 0.2) is 24.3 Å². The normalized spacial score (nSPS) is 11.6. The third kappa shape index (κ3) is 5.35. The van der Waals surface area contributed by atoms with Gasteiger partial charge in [0.2, 0.25) is 0 Å². The quantitative estimate of drug-likeness (QED) is 0.398. The Balaban J connectivity index is 3.31. The molecule has 0 aromatic rings. The zero-order valence-corrected chi connectivity index (χ0v) is 6.48. The fourth-order valence-electron chi connectivity index (χ4n) is 0.617. The van der Waals surface area contributed by atoms with Crippen LogP contribution in [0.3, 0.4) is 0 Å². The molecule has 0 saturated heterocycles. The summed E-state index contributed by atoms with van der Waals surface area (Å²) < 4.78 is 0. The molecule has 0 amide bonds. The Labute approximate surface area is 58.3 Å². The lowest BCUT2D eigenvalue weighted by Crippen LogP contribution is -1.69. The minimum absolute atomic E-state index is 1.20. The minimum Gasteiger partial charge on any atom is -0.0988 e. The van der Waals surface area contributed by atoms with E-state index in [1.165, 1.54) is 24.8 Å². The van der Waals surface area contributed by atoms with E-state index in [0.29, 0.717) is 0 Å². The molecule has 9 heavy (non-hydrogen) atoms. The van der Waals surface area contributed by atoms with E-state index in [-0.39, 0.29) is 0 Å². The van der Waals surface area contributed by atoms with Gasteiger partial charge in [-0.3, -0.25) is 0 Å². The van der Waals surface area contributed by atoms with Gasteiger partial charge in [0.05, 0.1) is 0 Å². The van der Waals surface area contributed by atoms with Crippen LogP contribution in [-0.4, -0.2) is 0 Å². The van der Waals surface area contributed by atoms with Crippen LogP contribution >= 0.6 is 0 Å². The molecule has 0 nitrogen and oxygen atoms in total. The van der Waals surface area contributed by atoms with Crippen LogP contribution in [0.2, 0.25) is 0 Å². The van der Waals surface area contributed by atoms with Crippen molar-refractivity contribution in [3.8, 4) is 0 Å². The second-order valence-electron chi connectivity index (χ2n) is 2.29. The van der Waals surface area contributed by atoms with Gasteiger partial charge in [-0.05, 0) is 13.3 Å². The van der Waals surface area contributed by atoms with Crippen molar-refractivity contribution in [2.45, 2.75) is 33.1 Å². The van der Waals surface area contributed by atoms with Crippen molar-refractivity contribution < 1.29 is 0 Å². The third-order valence-corrected chi connectivity index (χ3v) is 1.35. The zero-order valence-electron chi connectivity index (χ0n) is 6.48. The summed E-state index contributed by atoms with van der Waals surface area (Å²) in [5, 5.41) is 0. The van der Waals surface area contributed by atoms with Crippen molar-refractivity contribution in [2.24, 2.45) is 0 Å². The Morgan fingerprint density at radius 2 is 2.22 bits per heavy atom. The molecule has 0 bridgehead atoms. The summed E-state index contributed by atoms with van der Waals surface area (Å²) in [6.07, 6.45) is 7.91. The van der Waals surface area contributed by atoms with Gasteiger partial charge in [0.25, 0.3) is 0 Å². The Bertz CT molecular complexity index is 98.6. The molecule has 0 heterocycles. The Hall–Kier alpha value is -0.520. The van der Waals surface area contributed by atoms with Crippen LogP contribution in [0.4, 0.5) is 0 Å².